The number of phenolic OH excluding ortho intramolecular Hbond substituents is 1. The highest BCUT2D eigenvalue weighted by Gasteiger charge is 2.25. The van der Waals surface area contributed by atoms with Gasteiger partial charge in [-0.25, -0.2) is 0 Å². The van der Waals surface area contributed by atoms with E-state index >= 15 is 0 Å². The Morgan fingerprint density at radius 2 is 1.79 bits per heavy atom. The molecule has 2 N–H and O–H groups in total. The van der Waals surface area contributed by atoms with Gasteiger partial charge in [0, 0.05) is 24.5 Å². The fourth-order valence-electron chi connectivity index (χ4n) is 3.83. The molecule has 1 aliphatic heterocycles. The number of ether oxygens (including phenoxy) is 3. The highest BCUT2D eigenvalue weighted by molar-refractivity contribution is 5.57. The summed E-state index contributed by atoms with van der Waals surface area (Å²) in [5, 5.41) is 13.9. The summed E-state index contributed by atoms with van der Waals surface area (Å²) >= 11 is 0. The molecule has 6 nitrogen and oxygen atoms in total. The molecule has 4 rings (SSSR count). The van der Waals surface area contributed by atoms with Crippen molar-refractivity contribution in [1.29, 1.82) is 0 Å². The van der Waals surface area contributed by atoms with Crippen molar-refractivity contribution in [2.24, 2.45) is 0 Å². The lowest BCUT2D eigenvalue weighted by molar-refractivity contribution is 0.287. The normalized spacial score (nSPS) is 15.2. The Labute approximate surface area is 170 Å². The summed E-state index contributed by atoms with van der Waals surface area (Å²) in [6, 6.07) is 13.6. The van der Waals surface area contributed by atoms with Crippen molar-refractivity contribution < 1.29 is 19.3 Å². The van der Waals surface area contributed by atoms with Gasteiger partial charge in [0.2, 0.25) is 0 Å². The second kappa shape index (κ2) is 8.09. The maximum Gasteiger partial charge on any atom is 0.163 e. The minimum absolute atomic E-state index is 0.0831. The highest BCUT2D eigenvalue weighted by atomic mass is 16.5. The molecule has 0 fully saturated rings. The molecule has 1 aliphatic rings. The number of fused-ring (bicyclic) bond motifs is 3. The van der Waals surface area contributed by atoms with Crippen LogP contribution in [0.1, 0.15) is 36.7 Å². The van der Waals surface area contributed by atoms with E-state index in [1.54, 1.807) is 19.2 Å². The van der Waals surface area contributed by atoms with E-state index in [4.69, 9.17) is 14.2 Å². The lowest BCUT2D eigenvalue weighted by atomic mass is 10.0. The molecule has 1 atom stereocenters. The molecule has 3 aromatic rings. The lowest BCUT2D eigenvalue weighted by Gasteiger charge is -2.19. The Bertz CT molecular complexity index is 1010. The van der Waals surface area contributed by atoms with Gasteiger partial charge in [-0.1, -0.05) is 6.07 Å². The number of phenols is 1. The average molecular weight is 394 g/mol. The number of aromatic nitrogens is 1. The molecule has 0 unspecified atom stereocenters. The molecule has 0 spiro atoms. The van der Waals surface area contributed by atoms with Gasteiger partial charge in [-0.05, 0) is 55.3 Å². The molecule has 0 saturated heterocycles. The van der Waals surface area contributed by atoms with Crippen LogP contribution in [0.2, 0.25) is 0 Å². The van der Waals surface area contributed by atoms with Gasteiger partial charge < -0.3 is 29.2 Å². The van der Waals surface area contributed by atoms with Crippen molar-refractivity contribution in [3.8, 4) is 28.7 Å². The van der Waals surface area contributed by atoms with Gasteiger partial charge in [-0.2, -0.15) is 0 Å². The SMILES string of the molecule is CCOc1cc2c(cc1OCC)-n1cccc1[C@H](c1ccc(OC)c(O)c1)NC2. The van der Waals surface area contributed by atoms with Gasteiger partial charge in [0.15, 0.2) is 23.0 Å². The highest BCUT2D eigenvalue weighted by Crippen LogP contribution is 2.38. The summed E-state index contributed by atoms with van der Waals surface area (Å²) in [6.45, 7) is 5.74. The number of benzene rings is 2. The maximum absolute atomic E-state index is 10.3. The topological polar surface area (TPSA) is 64.9 Å². The van der Waals surface area contributed by atoms with Crippen LogP contribution in [0.3, 0.4) is 0 Å². The minimum Gasteiger partial charge on any atom is -0.504 e. The lowest BCUT2D eigenvalue weighted by Crippen LogP contribution is -2.21. The van der Waals surface area contributed by atoms with Crippen molar-refractivity contribution in [1.82, 2.24) is 9.88 Å². The summed E-state index contributed by atoms with van der Waals surface area (Å²) < 4.78 is 19.0. The Hall–Kier alpha value is -3.12. The molecule has 152 valence electrons. The number of nitrogens with one attached hydrogen (secondary N) is 1. The predicted octanol–water partition coefficient (Wildman–Crippen LogP) is 4.18. The summed E-state index contributed by atoms with van der Waals surface area (Å²) in [5.41, 5.74) is 4.23. The molecular formula is C23H26N2O4. The number of methoxy groups -OCH3 is 1. The molecular weight excluding hydrogens is 368 g/mol. The first kappa shape index (κ1) is 19.2. The second-order valence-electron chi connectivity index (χ2n) is 6.84. The third-order valence-corrected chi connectivity index (χ3v) is 5.11. The first-order valence-corrected chi connectivity index (χ1v) is 9.86. The molecule has 2 heterocycles. The Morgan fingerprint density at radius 3 is 2.48 bits per heavy atom. The van der Waals surface area contributed by atoms with E-state index in [1.165, 1.54) is 0 Å². The van der Waals surface area contributed by atoms with Crippen molar-refractivity contribution in [2.75, 3.05) is 20.3 Å². The van der Waals surface area contributed by atoms with Crippen molar-refractivity contribution in [2.45, 2.75) is 26.4 Å². The van der Waals surface area contributed by atoms with Gasteiger partial charge >= 0.3 is 0 Å². The monoisotopic (exact) mass is 394 g/mol. The van der Waals surface area contributed by atoms with Gasteiger partial charge in [0.25, 0.3) is 0 Å². The van der Waals surface area contributed by atoms with Gasteiger partial charge in [0.1, 0.15) is 0 Å². The van der Waals surface area contributed by atoms with Crippen LogP contribution in [-0.2, 0) is 6.54 Å². The molecule has 0 saturated carbocycles. The van der Waals surface area contributed by atoms with Crippen LogP contribution in [0.5, 0.6) is 23.0 Å². The zero-order chi connectivity index (χ0) is 20.4. The Kier molecular flexibility index (Phi) is 5.36. The van der Waals surface area contributed by atoms with E-state index in [0.717, 1.165) is 34.0 Å². The van der Waals surface area contributed by atoms with Crippen LogP contribution in [0.4, 0.5) is 0 Å². The van der Waals surface area contributed by atoms with Crippen LogP contribution >= 0.6 is 0 Å². The molecule has 0 bridgehead atoms. The van der Waals surface area contributed by atoms with E-state index < -0.39 is 0 Å². The van der Waals surface area contributed by atoms with Gasteiger partial charge in [-0.3, -0.25) is 0 Å². The number of rotatable bonds is 6. The van der Waals surface area contributed by atoms with Crippen molar-refractivity contribution in [3.05, 3.63) is 65.5 Å². The van der Waals surface area contributed by atoms with Gasteiger partial charge in [-0.15, -0.1) is 0 Å². The van der Waals surface area contributed by atoms with E-state index in [2.05, 4.69) is 22.0 Å². The standard InChI is InChI=1S/C23H26N2O4/c1-4-28-21-12-16-14-24-23(15-8-9-20(27-3)19(26)11-15)17-7-6-10-25(17)18(16)13-22(21)29-5-2/h6-13,23-24,26H,4-5,14H2,1-3H3/t23-/m0/s1. The first-order chi connectivity index (χ1) is 14.2. The fourth-order valence-corrected chi connectivity index (χ4v) is 3.83. The van der Waals surface area contributed by atoms with E-state index in [0.29, 0.717) is 25.5 Å². The number of aromatic hydroxyl groups is 1. The predicted molar refractivity (Wildman–Crippen MR) is 111 cm³/mol. The van der Waals surface area contributed by atoms with E-state index in [1.807, 2.05) is 38.2 Å². The smallest absolute Gasteiger partial charge is 0.163 e. The van der Waals surface area contributed by atoms with Gasteiger partial charge in [0.05, 0.1) is 32.1 Å². The van der Waals surface area contributed by atoms with Crippen molar-refractivity contribution >= 4 is 0 Å². The van der Waals surface area contributed by atoms with Crippen LogP contribution < -0.4 is 19.5 Å². The molecule has 1 aromatic heterocycles. The van der Waals surface area contributed by atoms with Crippen LogP contribution in [0, 0.1) is 0 Å². The fraction of sp³-hybridized carbons (Fsp3) is 0.304. The molecule has 29 heavy (non-hydrogen) atoms. The van der Waals surface area contributed by atoms with Crippen molar-refractivity contribution in [3.63, 3.8) is 0 Å². The minimum atomic E-state index is -0.0831. The molecule has 0 amide bonds. The van der Waals surface area contributed by atoms with Crippen LogP contribution in [0.25, 0.3) is 5.69 Å². The summed E-state index contributed by atoms with van der Waals surface area (Å²) in [6.07, 6.45) is 2.05. The second-order valence-corrected chi connectivity index (χ2v) is 6.84. The molecule has 6 heteroatoms. The number of hydrogen-bond donors (Lipinski definition) is 2. The summed E-state index contributed by atoms with van der Waals surface area (Å²) in [7, 11) is 1.55. The van der Waals surface area contributed by atoms with E-state index in [-0.39, 0.29) is 11.8 Å². The van der Waals surface area contributed by atoms with Crippen LogP contribution in [0.15, 0.2) is 48.7 Å². The summed E-state index contributed by atoms with van der Waals surface area (Å²) in [4.78, 5) is 0. The number of nitrogens with zero attached hydrogens (tertiary/aromatic N) is 1. The zero-order valence-corrected chi connectivity index (χ0v) is 16.9. The maximum atomic E-state index is 10.3. The zero-order valence-electron chi connectivity index (χ0n) is 16.9. The van der Waals surface area contributed by atoms with E-state index in [9.17, 15) is 5.11 Å². The Morgan fingerprint density at radius 1 is 1.03 bits per heavy atom. The first-order valence-electron chi connectivity index (χ1n) is 9.86. The molecule has 2 aromatic carbocycles. The average Bonchev–Trinajstić information content (AvgIpc) is 3.14. The van der Waals surface area contributed by atoms with Crippen LogP contribution in [-0.4, -0.2) is 30.0 Å². The molecule has 0 radical (unpaired) electrons. The third-order valence-electron chi connectivity index (χ3n) is 5.11. The number of hydrogen-bond acceptors (Lipinski definition) is 5. The third kappa shape index (κ3) is 3.51. The quantitative estimate of drug-likeness (QED) is 0.657. The summed E-state index contributed by atoms with van der Waals surface area (Å²) in [5.74, 6) is 2.09. The Balaban J connectivity index is 1.80. The largest absolute Gasteiger partial charge is 0.504 e. The molecule has 0 aliphatic carbocycles.